The molecule has 0 unspecified atom stereocenters. The number of hydrogen-bond acceptors (Lipinski definition) is 6. The van der Waals surface area contributed by atoms with Crippen LogP contribution >= 0.6 is 11.6 Å². The van der Waals surface area contributed by atoms with Gasteiger partial charge in [0.1, 0.15) is 11.9 Å². The predicted octanol–water partition coefficient (Wildman–Crippen LogP) is 1.79. The van der Waals surface area contributed by atoms with Gasteiger partial charge in [0, 0.05) is 36.0 Å². The summed E-state index contributed by atoms with van der Waals surface area (Å²) >= 11 is 5.75. The molecule has 37 heavy (non-hydrogen) atoms. The van der Waals surface area contributed by atoms with Crippen molar-refractivity contribution in [1.29, 1.82) is 0 Å². The van der Waals surface area contributed by atoms with Gasteiger partial charge in [-0.05, 0) is 62.9 Å². The highest BCUT2D eigenvalue weighted by Crippen LogP contribution is 2.25. The van der Waals surface area contributed by atoms with E-state index in [1.807, 2.05) is 0 Å². The average Bonchev–Trinajstić information content (AvgIpc) is 3.64. The number of benzene rings is 1. The number of rotatable bonds is 8. The molecule has 0 bridgehead atoms. The lowest BCUT2D eigenvalue weighted by Gasteiger charge is -2.32. The first-order valence-corrected chi connectivity index (χ1v) is 12.2. The van der Waals surface area contributed by atoms with Crippen LogP contribution in [0.25, 0.3) is 0 Å². The Bertz CT molecular complexity index is 1240. The number of hydrazine groups is 1. The van der Waals surface area contributed by atoms with Crippen molar-refractivity contribution < 1.29 is 28.4 Å². The third-order valence-electron chi connectivity index (χ3n) is 6.19. The van der Waals surface area contributed by atoms with Gasteiger partial charge in [0.05, 0.1) is 10.6 Å². The molecule has 0 spiro atoms. The normalized spacial score (nSPS) is 19.5. The quantitative estimate of drug-likeness (QED) is 0.352. The van der Waals surface area contributed by atoms with Crippen LogP contribution in [0.3, 0.4) is 0 Å². The summed E-state index contributed by atoms with van der Waals surface area (Å²) in [6, 6.07) is 4.33. The third-order valence-corrected chi connectivity index (χ3v) is 6.49. The van der Waals surface area contributed by atoms with E-state index in [0.717, 1.165) is 25.0 Å². The van der Waals surface area contributed by atoms with Gasteiger partial charge in [0.25, 0.3) is 17.7 Å². The van der Waals surface area contributed by atoms with Gasteiger partial charge in [-0.2, -0.15) is 0 Å². The molecule has 1 aromatic heterocycles. The topological polar surface area (TPSA) is 138 Å². The maximum Gasteiger partial charge on any atom is 0.289 e. The number of halogens is 2. The van der Waals surface area contributed by atoms with Crippen LogP contribution in [0.5, 0.6) is 0 Å². The van der Waals surface area contributed by atoms with E-state index in [4.69, 9.17) is 11.6 Å². The molecule has 1 saturated heterocycles. The second-order valence-electron chi connectivity index (χ2n) is 9.19. The molecule has 194 valence electrons. The fourth-order valence-corrected chi connectivity index (χ4v) is 4.22. The minimum Gasteiger partial charge on any atom is -0.353 e. The Balaban J connectivity index is 1.72. The molecule has 4 rings (SSSR count). The molecule has 1 aliphatic carbocycles. The maximum atomic E-state index is 14.2. The van der Waals surface area contributed by atoms with Crippen molar-refractivity contribution in [3.8, 4) is 0 Å². The summed E-state index contributed by atoms with van der Waals surface area (Å²) in [4.78, 5) is 69.2. The molecule has 2 aliphatic rings. The van der Waals surface area contributed by atoms with Crippen molar-refractivity contribution in [3.63, 3.8) is 0 Å². The van der Waals surface area contributed by atoms with Gasteiger partial charge in [-0.1, -0.05) is 11.6 Å². The number of ketones is 1. The van der Waals surface area contributed by atoms with Crippen LogP contribution in [0.4, 0.5) is 4.39 Å². The highest BCUT2D eigenvalue weighted by Gasteiger charge is 2.42. The van der Waals surface area contributed by atoms with Crippen molar-refractivity contribution in [2.45, 2.75) is 50.7 Å². The Labute approximate surface area is 216 Å². The van der Waals surface area contributed by atoms with E-state index in [1.54, 1.807) is 6.92 Å². The lowest BCUT2D eigenvalue weighted by molar-refractivity contribution is -0.141. The number of nitrogens with one attached hydrogen (secondary N) is 3. The molecule has 1 saturated carbocycles. The van der Waals surface area contributed by atoms with Crippen LogP contribution in [0.2, 0.25) is 5.02 Å². The fourth-order valence-electron chi connectivity index (χ4n) is 4.10. The molecule has 12 heteroatoms. The van der Waals surface area contributed by atoms with Crippen molar-refractivity contribution in [1.82, 2.24) is 26.1 Å². The summed E-state index contributed by atoms with van der Waals surface area (Å²) < 4.78 is 14.2. The van der Waals surface area contributed by atoms with Crippen molar-refractivity contribution >= 4 is 41.0 Å². The summed E-state index contributed by atoms with van der Waals surface area (Å²) in [7, 11) is 0. The van der Waals surface area contributed by atoms with Crippen LogP contribution in [0.15, 0.2) is 42.7 Å². The zero-order valence-electron chi connectivity index (χ0n) is 19.9. The van der Waals surface area contributed by atoms with Gasteiger partial charge >= 0.3 is 0 Å². The zero-order chi connectivity index (χ0) is 26.7. The van der Waals surface area contributed by atoms with E-state index in [0.29, 0.717) is 11.4 Å². The Morgan fingerprint density at radius 1 is 1.22 bits per heavy atom. The maximum absolute atomic E-state index is 14.2. The number of pyridine rings is 1. The van der Waals surface area contributed by atoms with E-state index in [2.05, 4.69) is 21.0 Å². The van der Waals surface area contributed by atoms with E-state index >= 15 is 0 Å². The van der Waals surface area contributed by atoms with Gasteiger partial charge in [-0.25, -0.2) is 9.40 Å². The molecule has 2 fully saturated rings. The smallest absolute Gasteiger partial charge is 0.289 e. The Hall–Kier alpha value is -3.86. The molecule has 1 aliphatic heterocycles. The average molecular weight is 530 g/mol. The number of nitrogens with zero attached hydrogens (tertiary/aromatic N) is 2. The summed E-state index contributed by atoms with van der Waals surface area (Å²) in [6.45, 7) is 1.79. The first kappa shape index (κ1) is 26.2. The third kappa shape index (κ3) is 6.29. The number of amides is 4. The number of aromatic nitrogens is 1. The molecule has 1 aromatic carbocycles. The van der Waals surface area contributed by atoms with E-state index in [-0.39, 0.29) is 40.6 Å². The monoisotopic (exact) mass is 529 g/mol. The lowest BCUT2D eigenvalue weighted by Crippen LogP contribution is -2.58. The van der Waals surface area contributed by atoms with Gasteiger partial charge in [-0.15, -0.1) is 0 Å². The molecule has 0 radical (unpaired) electrons. The summed E-state index contributed by atoms with van der Waals surface area (Å²) in [6.07, 6.45) is 4.27. The first-order valence-electron chi connectivity index (χ1n) is 11.8. The zero-order valence-corrected chi connectivity index (χ0v) is 20.6. The number of carbonyl (C=O) groups is 5. The molecular formula is C25H25ClFN5O5. The molecular weight excluding hydrogens is 505 g/mol. The van der Waals surface area contributed by atoms with Crippen LogP contribution in [0.1, 0.15) is 53.3 Å². The SMILES string of the molecule is C[C@@H]1C[C@@H](C[C@@H](C(=O)C(=O)NC2CC2)N(NC(=O)c2cccnc2)C(=O)c2ccc(Cl)c(F)c2)C(=O)N1. The number of hydrogen-bond donors (Lipinski definition) is 3. The molecule has 2 aromatic rings. The minimum absolute atomic E-state index is 0.0726. The molecule has 3 N–H and O–H groups in total. The molecule has 4 amide bonds. The first-order chi connectivity index (χ1) is 17.6. The van der Waals surface area contributed by atoms with Gasteiger partial charge in [0.2, 0.25) is 11.7 Å². The molecule has 2 heterocycles. The molecule has 10 nitrogen and oxygen atoms in total. The minimum atomic E-state index is -1.55. The number of carbonyl (C=O) groups excluding carboxylic acids is 5. The largest absolute Gasteiger partial charge is 0.353 e. The summed E-state index contributed by atoms with van der Waals surface area (Å²) in [5.74, 6) is -5.62. The van der Waals surface area contributed by atoms with Gasteiger partial charge in [-0.3, -0.25) is 34.4 Å². The second kappa shape index (κ2) is 11.0. The Morgan fingerprint density at radius 3 is 2.57 bits per heavy atom. The Morgan fingerprint density at radius 2 is 1.97 bits per heavy atom. The number of Topliss-reactive ketones (excluding diaryl/α,β-unsaturated/α-hetero) is 1. The summed E-state index contributed by atoms with van der Waals surface area (Å²) in [5.41, 5.74) is 2.24. The fraction of sp³-hybridized carbons (Fsp3) is 0.360. The lowest BCUT2D eigenvalue weighted by atomic mass is 9.93. The highest BCUT2D eigenvalue weighted by atomic mass is 35.5. The summed E-state index contributed by atoms with van der Waals surface area (Å²) in [5, 5.41) is 5.81. The van der Waals surface area contributed by atoms with Crippen molar-refractivity contribution in [2.24, 2.45) is 5.92 Å². The van der Waals surface area contributed by atoms with E-state index in [9.17, 15) is 28.4 Å². The van der Waals surface area contributed by atoms with Crippen molar-refractivity contribution in [3.05, 3.63) is 64.7 Å². The van der Waals surface area contributed by atoms with E-state index in [1.165, 1.54) is 30.6 Å². The van der Waals surface area contributed by atoms with Crippen LogP contribution in [-0.2, 0) is 14.4 Å². The standard InChI is InChI=1S/C25H25ClFN5O5/c1-13-9-16(22(34)29-13)11-20(21(33)24(36)30-17-5-6-17)32(31-23(35)15-3-2-8-28-12-15)25(37)14-4-7-18(26)19(27)10-14/h2-4,7-8,10,12-13,16-17,20H,5-6,9,11H2,1H3,(H,29,34)(H,30,36)(H,31,35)/t13-,16+,20+/m1/s1. The van der Waals surface area contributed by atoms with Crippen LogP contribution < -0.4 is 16.1 Å². The van der Waals surface area contributed by atoms with Crippen LogP contribution in [0, 0.1) is 11.7 Å². The van der Waals surface area contributed by atoms with Crippen molar-refractivity contribution in [2.75, 3.05) is 0 Å². The Kier molecular flexibility index (Phi) is 7.82. The van der Waals surface area contributed by atoms with Crippen LogP contribution in [-0.4, -0.2) is 57.5 Å². The highest BCUT2D eigenvalue weighted by molar-refractivity contribution is 6.38. The predicted molar refractivity (Wildman–Crippen MR) is 130 cm³/mol. The van der Waals surface area contributed by atoms with Gasteiger partial charge < -0.3 is 10.6 Å². The molecule has 3 atom stereocenters. The van der Waals surface area contributed by atoms with Gasteiger partial charge in [0.15, 0.2) is 0 Å². The second-order valence-corrected chi connectivity index (χ2v) is 9.60. The van der Waals surface area contributed by atoms with E-state index < -0.39 is 41.3 Å².